The van der Waals surface area contributed by atoms with Gasteiger partial charge in [0.1, 0.15) is 0 Å². The standard InChI is InChI=1S/C52H36N2/c1-2-12-37(13-3-1)39-26-30-45(31-27-39)53(46-32-28-40(29-33-46)44-25-24-38-14-4-5-15-41(38)34-44)47-18-10-16-42(35-47)43-17-11-19-48(36-43)54-51-22-8-6-20-49(51)50-21-7-9-23-52(50)54/h1-36H. The normalized spacial score (nSPS) is 11.3. The van der Waals surface area contributed by atoms with Crippen LogP contribution in [0.15, 0.2) is 218 Å². The minimum Gasteiger partial charge on any atom is -0.310 e. The first-order valence-electron chi connectivity index (χ1n) is 18.5. The number of para-hydroxylation sites is 2. The van der Waals surface area contributed by atoms with Crippen molar-refractivity contribution >= 4 is 49.6 Å². The maximum Gasteiger partial charge on any atom is 0.0541 e. The van der Waals surface area contributed by atoms with E-state index >= 15 is 0 Å². The molecule has 9 aromatic carbocycles. The Bertz CT molecular complexity index is 2870. The highest BCUT2D eigenvalue weighted by Gasteiger charge is 2.16. The van der Waals surface area contributed by atoms with E-state index in [1.165, 1.54) is 60.4 Å². The van der Waals surface area contributed by atoms with Crippen LogP contribution in [0.4, 0.5) is 17.1 Å². The Morgan fingerprint density at radius 2 is 0.759 bits per heavy atom. The van der Waals surface area contributed by atoms with Gasteiger partial charge in [-0.15, -0.1) is 0 Å². The molecule has 1 heterocycles. The van der Waals surface area contributed by atoms with Gasteiger partial charge in [-0.3, -0.25) is 0 Å². The molecule has 0 saturated carbocycles. The molecule has 0 saturated heterocycles. The van der Waals surface area contributed by atoms with Gasteiger partial charge in [0, 0.05) is 33.5 Å². The van der Waals surface area contributed by atoms with Gasteiger partial charge < -0.3 is 9.47 Å². The zero-order chi connectivity index (χ0) is 35.8. The lowest BCUT2D eigenvalue weighted by atomic mass is 10.0. The topological polar surface area (TPSA) is 8.17 Å². The van der Waals surface area contributed by atoms with Crippen LogP contribution in [0.25, 0.3) is 71.6 Å². The number of rotatable bonds is 7. The van der Waals surface area contributed by atoms with Gasteiger partial charge in [0.25, 0.3) is 0 Å². The number of hydrogen-bond acceptors (Lipinski definition) is 1. The lowest BCUT2D eigenvalue weighted by molar-refractivity contribution is 1.18. The lowest BCUT2D eigenvalue weighted by Gasteiger charge is -2.26. The van der Waals surface area contributed by atoms with E-state index in [0.29, 0.717) is 0 Å². The van der Waals surface area contributed by atoms with Crippen LogP contribution in [-0.2, 0) is 0 Å². The summed E-state index contributed by atoms with van der Waals surface area (Å²) in [4.78, 5) is 2.36. The second-order valence-corrected chi connectivity index (χ2v) is 13.8. The van der Waals surface area contributed by atoms with Gasteiger partial charge in [-0.2, -0.15) is 0 Å². The predicted molar refractivity (Wildman–Crippen MR) is 229 cm³/mol. The van der Waals surface area contributed by atoms with Gasteiger partial charge in [0.15, 0.2) is 0 Å². The Hall–Kier alpha value is -7.16. The molecule has 0 aliphatic rings. The van der Waals surface area contributed by atoms with E-state index in [1.54, 1.807) is 0 Å². The van der Waals surface area contributed by atoms with Crippen molar-refractivity contribution in [3.8, 4) is 39.1 Å². The van der Waals surface area contributed by atoms with E-state index in [-0.39, 0.29) is 0 Å². The summed E-state index contributed by atoms with van der Waals surface area (Å²) in [5.41, 5.74) is 14.0. The molecule has 54 heavy (non-hydrogen) atoms. The average molecular weight is 689 g/mol. The molecule has 10 rings (SSSR count). The highest BCUT2D eigenvalue weighted by molar-refractivity contribution is 6.09. The van der Waals surface area contributed by atoms with Crippen LogP contribution in [0.5, 0.6) is 0 Å². The van der Waals surface area contributed by atoms with E-state index in [1.807, 2.05) is 0 Å². The Kier molecular flexibility index (Phi) is 7.85. The summed E-state index contributed by atoms with van der Waals surface area (Å²) >= 11 is 0. The van der Waals surface area contributed by atoms with Crippen LogP contribution >= 0.6 is 0 Å². The number of fused-ring (bicyclic) bond motifs is 4. The number of anilines is 3. The summed E-state index contributed by atoms with van der Waals surface area (Å²) in [7, 11) is 0. The Morgan fingerprint density at radius 1 is 0.278 bits per heavy atom. The molecular formula is C52H36N2. The summed E-state index contributed by atoms with van der Waals surface area (Å²) < 4.78 is 2.38. The van der Waals surface area contributed by atoms with E-state index < -0.39 is 0 Å². The molecule has 1 aromatic heterocycles. The summed E-state index contributed by atoms with van der Waals surface area (Å²) in [6, 6.07) is 78.9. The van der Waals surface area contributed by atoms with Crippen LogP contribution in [-0.4, -0.2) is 4.57 Å². The fourth-order valence-electron chi connectivity index (χ4n) is 7.90. The fraction of sp³-hybridized carbons (Fsp3) is 0. The molecule has 0 aliphatic carbocycles. The molecular weight excluding hydrogens is 653 g/mol. The molecule has 0 radical (unpaired) electrons. The Labute approximate surface area is 315 Å². The molecule has 0 spiro atoms. The largest absolute Gasteiger partial charge is 0.310 e. The molecule has 0 amide bonds. The maximum atomic E-state index is 2.38. The SMILES string of the molecule is c1ccc(-c2ccc(N(c3ccc(-c4ccc5ccccc5c4)cc3)c3cccc(-c4cccc(-n5c6ccccc6c6ccccc65)c4)c3)cc2)cc1. The van der Waals surface area contributed by atoms with Crippen molar-refractivity contribution in [3.63, 3.8) is 0 Å². The zero-order valence-electron chi connectivity index (χ0n) is 29.7. The smallest absolute Gasteiger partial charge is 0.0541 e. The van der Waals surface area contributed by atoms with Crippen molar-refractivity contribution in [1.82, 2.24) is 4.57 Å². The molecule has 0 unspecified atom stereocenters. The van der Waals surface area contributed by atoms with Gasteiger partial charge in [-0.1, -0.05) is 152 Å². The molecule has 0 fully saturated rings. The van der Waals surface area contributed by atoms with Crippen molar-refractivity contribution in [1.29, 1.82) is 0 Å². The van der Waals surface area contributed by atoms with E-state index in [2.05, 4.69) is 228 Å². The quantitative estimate of drug-likeness (QED) is 0.162. The van der Waals surface area contributed by atoms with E-state index in [9.17, 15) is 0 Å². The molecule has 2 nitrogen and oxygen atoms in total. The van der Waals surface area contributed by atoms with Crippen molar-refractivity contribution in [2.24, 2.45) is 0 Å². The third-order valence-corrected chi connectivity index (χ3v) is 10.6. The molecule has 0 bridgehead atoms. The van der Waals surface area contributed by atoms with Gasteiger partial charge in [-0.05, 0) is 111 Å². The van der Waals surface area contributed by atoms with Crippen LogP contribution in [0.3, 0.4) is 0 Å². The second kappa shape index (κ2) is 13.4. The summed E-state index contributed by atoms with van der Waals surface area (Å²) in [5, 5.41) is 5.03. The zero-order valence-corrected chi connectivity index (χ0v) is 29.7. The van der Waals surface area contributed by atoms with Gasteiger partial charge >= 0.3 is 0 Å². The Morgan fingerprint density at radius 3 is 1.44 bits per heavy atom. The molecule has 0 aliphatic heterocycles. The number of aromatic nitrogens is 1. The first-order valence-corrected chi connectivity index (χ1v) is 18.5. The molecule has 0 atom stereocenters. The van der Waals surface area contributed by atoms with Gasteiger partial charge in [-0.25, -0.2) is 0 Å². The van der Waals surface area contributed by atoms with Crippen LogP contribution in [0.2, 0.25) is 0 Å². The molecule has 10 aromatic rings. The first-order chi connectivity index (χ1) is 26.8. The minimum atomic E-state index is 1.10. The van der Waals surface area contributed by atoms with Crippen molar-refractivity contribution in [2.45, 2.75) is 0 Å². The predicted octanol–water partition coefficient (Wildman–Crippen LogP) is 14.4. The highest BCUT2D eigenvalue weighted by atomic mass is 15.1. The third kappa shape index (κ3) is 5.71. The second-order valence-electron chi connectivity index (χ2n) is 13.8. The maximum absolute atomic E-state index is 2.38. The van der Waals surface area contributed by atoms with Crippen molar-refractivity contribution in [2.75, 3.05) is 4.90 Å². The van der Waals surface area contributed by atoms with Crippen molar-refractivity contribution < 1.29 is 0 Å². The fourth-order valence-corrected chi connectivity index (χ4v) is 7.90. The summed E-state index contributed by atoms with van der Waals surface area (Å²) in [6.45, 7) is 0. The number of hydrogen-bond donors (Lipinski definition) is 0. The summed E-state index contributed by atoms with van der Waals surface area (Å²) in [6.07, 6.45) is 0. The number of nitrogens with zero attached hydrogens (tertiary/aromatic N) is 2. The minimum absolute atomic E-state index is 1.10. The lowest BCUT2D eigenvalue weighted by Crippen LogP contribution is -2.10. The van der Waals surface area contributed by atoms with Gasteiger partial charge in [0.2, 0.25) is 0 Å². The monoisotopic (exact) mass is 688 g/mol. The highest BCUT2D eigenvalue weighted by Crippen LogP contribution is 2.39. The Balaban J connectivity index is 1.06. The molecule has 0 N–H and O–H groups in total. The summed E-state index contributed by atoms with van der Waals surface area (Å²) in [5.74, 6) is 0. The van der Waals surface area contributed by atoms with Crippen LogP contribution < -0.4 is 4.90 Å². The third-order valence-electron chi connectivity index (χ3n) is 10.6. The molecule has 2 heteroatoms. The van der Waals surface area contributed by atoms with Gasteiger partial charge in [0.05, 0.1) is 11.0 Å². The van der Waals surface area contributed by atoms with Crippen LogP contribution in [0.1, 0.15) is 0 Å². The average Bonchev–Trinajstić information content (AvgIpc) is 3.59. The first kappa shape index (κ1) is 31.6. The molecule has 254 valence electrons. The van der Waals surface area contributed by atoms with E-state index in [4.69, 9.17) is 0 Å². The van der Waals surface area contributed by atoms with Crippen molar-refractivity contribution in [3.05, 3.63) is 218 Å². The number of benzene rings is 9. The van der Waals surface area contributed by atoms with E-state index in [0.717, 1.165) is 28.3 Å². The van der Waals surface area contributed by atoms with Crippen LogP contribution in [0, 0.1) is 0 Å².